The molecule has 6 heteroatoms. The van der Waals surface area contributed by atoms with Gasteiger partial charge in [0.25, 0.3) is 15.9 Å². The van der Waals surface area contributed by atoms with Crippen molar-refractivity contribution in [3.63, 3.8) is 0 Å². The molecular formula is C25H27NO4S. The van der Waals surface area contributed by atoms with Crippen LogP contribution in [-0.2, 0) is 16.4 Å². The Hall–Kier alpha value is -3.12. The van der Waals surface area contributed by atoms with E-state index in [1.54, 1.807) is 54.6 Å². The summed E-state index contributed by atoms with van der Waals surface area (Å²) in [5, 5.41) is 0. The molecule has 0 heterocycles. The zero-order valence-electron chi connectivity index (χ0n) is 17.8. The molecule has 0 aliphatic rings. The summed E-state index contributed by atoms with van der Waals surface area (Å²) < 4.78 is 33.5. The van der Waals surface area contributed by atoms with Crippen LogP contribution in [0.3, 0.4) is 0 Å². The van der Waals surface area contributed by atoms with E-state index >= 15 is 0 Å². The van der Waals surface area contributed by atoms with E-state index in [1.807, 2.05) is 19.1 Å². The standard InChI is InChI=1S/C25H27NO4S/c1-3-5-11-20-16-18-21(19-17-20)26(31(28,29)22-12-7-6-8-13-22)25(27)23-14-9-10-15-24(23)30-4-2/h6-10,12-19H,3-5,11H2,1-2H3. The van der Waals surface area contributed by atoms with Gasteiger partial charge in [0.15, 0.2) is 0 Å². The van der Waals surface area contributed by atoms with Gasteiger partial charge in [-0.25, -0.2) is 8.42 Å². The lowest BCUT2D eigenvalue weighted by atomic mass is 10.1. The van der Waals surface area contributed by atoms with Crippen LogP contribution in [0.4, 0.5) is 5.69 Å². The lowest BCUT2D eigenvalue weighted by Gasteiger charge is -2.24. The molecule has 0 aliphatic heterocycles. The molecular weight excluding hydrogens is 410 g/mol. The van der Waals surface area contributed by atoms with E-state index in [-0.39, 0.29) is 10.5 Å². The third kappa shape index (κ3) is 5.14. The van der Waals surface area contributed by atoms with E-state index in [2.05, 4.69) is 6.92 Å². The lowest BCUT2D eigenvalue weighted by Crippen LogP contribution is -2.37. The van der Waals surface area contributed by atoms with E-state index in [0.717, 1.165) is 29.1 Å². The monoisotopic (exact) mass is 437 g/mol. The number of nitrogens with zero attached hydrogens (tertiary/aromatic N) is 1. The number of hydrogen-bond acceptors (Lipinski definition) is 4. The lowest BCUT2D eigenvalue weighted by molar-refractivity contribution is 0.100. The van der Waals surface area contributed by atoms with Gasteiger partial charge in [0.05, 0.1) is 22.8 Å². The molecule has 0 fully saturated rings. The highest BCUT2D eigenvalue weighted by Crippen LogP contribution is 2.29. The molecule has 31 heavy (non-hydrogen) atoms. The molecule has 3 aromatic carbocycles. The Morgan fingerprint density at radius 1 is 0.871 bits per heavy atom. The zero-order chi connectivity index (χ0) is 22.3. The van der Waals surface area contributed by atoms with Gasteiger partial charge in [0, 0.05) is 0 Å². The van der Waals surface area contributed by atoms with Crippen molar-refractivity contribution in [2.24, 2.45) is 0 Å². The van der Waals surface area contributed by atoms with Gasteiger partial charge in [-0.05, 0) is 61.7 Å². The molecule has 0 aromatic heterocycles. The Balaban J connectivity index is 2.10. The number of carbonyl (C=O) groups excluding carboxylic acids is 1. The van der Waals surface area contributed by atoms with Gasteiger partial charge in [0.1, 0.15) is 5.75 Å². The number of para-hydroxylation sites is 1. The van der Waals surface area contributed by atoms with Crippen molar-refractivity contribution in [3.8, 4) is 5.75 Å². The Kier molecular flexibility index (Phi) is 7.47. The minimum absolute atomic E-state index is 0.0484. The van der Waals surface area contributed by atoms with Crippen molar-refractivity contribution < 1.29 is 17.9 Å². The van der Waals surface area contributed by atoms with Gasteiger partial charge < -0.3 is 4.74 Å². The fraction of sp³-hybridized carbons (Fsp3) is 0.240. The highest BCUT2D eigenvalue weighted by molar-refractivity contribution is 7.93. The van der Waals surface area contributed by atoms with E-state index in [1.165, 1.54) is 12.1 Å². The molecule has 0 saturated carbocycles. The van der Waals surface area contributed by atoms with E-state index in [0.29, 0.717) is 18.0 Å². The van der Waals surface area contributed by atoms with Gasteiger partial charge >= 0.3 is 0 Å². The van der Waals surface area contributed by atoms with Gasteiger partial charge in [-0.15, -0.1) is 0 Å². The number of hydrogen-bond donors (Lipinski definition) is 0. The first-order valence-corrected chi connectivity index (χ1v) is 11.9. The molecule has 3 rings (SSSR count). The second-order valence-corrected chi connectivity index (χ2v) is 8.87. The van der Waals surface area contributed by atoms with Gasteiger partial charge in [-0.1, -0.05) is 55.8 Å². The second-order valence-electron chi connectivity index (χ2n) is 7.09. The summed E-state index contributed by atoms with van der Waals surface area (Å²) in [6.07, 6.45) is 3.03. The number of sulfonamides is 1. The third-order valence-corrected chi connectivity index (χ3v) is 6.60. The largest absolute Gasteiger partial charge is 0.493 e. The Bertz CT molecular complexity index is 1110. The van der Waals surface area contributed by atoms with Gasteiger partial charge in [-0.2, -0.15) is 4.31 Å². The minimum atomic E-state index is -4.13. The topological polar surface area (TPSA) is 63.7 Å². The number of rotatable bonds is 9. The number of amides is 1. The average Bonchev–Trinajstić information content (AvgIpc) is 2.79. The second kappa shape index (κ2) is 10.3. The first-order valence-electron chi connectivity index (χ1n) is 10.4. The maximum atomic E-state index is 13.6. The summed E-state index contributed by atoms with van der Waals surface area (Å²) in [6.45, 7) is 4.30. The number of carbonyl (C=O) groups is 1. The van der Waals surface area contributed by atoms with Crippen molar-refractivity contribution in [1.82, 2.24) is 0 Å². The Morgan fingerprint density at radius 3 is 2.16 bits per heavy atom. The average molecular weight is 438 g/mol. The number of anilines is 1. The molecule has 0 bridgehead atoms. The SMILES string of the molecule is CCCCc1ccc(N(C(=O)c2ccccc2OCC)S(=O)(=O)c2ccccc2)cc1. The summed E-state index contributed by atoms with van der Waals surface area (Å²) >= 11 is 0. The molecule has 162 valence electrons. The first-order chi connectivity index (χ1) is 15.0. The van der Waals surface area contributed by atoms with Crippen LogP contribution in [0.5, 0.6) is 5.75 Å². The molecule has 0 atom stereocenters. The molecule has 1 amide bonds. The molecule has 0 radical (unpaired) electrons. The van der Waals surface area contributed by atoms with Crippen molar-refractivity contribution in [1.29, 1.82) is 0 Å². The Labute approximate surface area is 184 Å². The number of benzene rings is 3. The predicted octanol–water partition coefficient (Wildman–Crippen LogP) is 5.46. The maximum Gasteiger partial charge on any atom is 0.276 e. The van der Waals surface area contributed by atoms with Crippen molar-refractivity contribution in [2.45, 2.75) is 38.0 Å². The summed E-state index contributed by atoms with van der Waals surface area (Å²) in [7, 11) is -4.13. The molecule has 0 spiro atoms. The van der Waals surface area contributed by atoms with E-state index in [9.17, 15) is 13.2 Å². The van der Waals surface area contributed by atoms with Crippen molar-refractivity contribution in [2.75, 3.05) is 10.9 Å². The summed E-state index contributed by atoms with van der Waals surface area (Å²) in [4.78, 5) is 13.6. The minimum Gasteiger partial charge on any atom is -0.493 e. The van der Waals surface area contributed by atoms with E-state index < -0.39 is 15.9 Å². The smallest absolute Gasteiger partial charge is 0.276 e. The normalized spacial score (nSPS) is 11.2. The predicted molar refractivity (Wildman–Crippen MR) is 123 cm³/mol. The summed E-state index contributed by atoms with van der Waals surface area (Å²) in [5.74, 6) is -0.308. The van der Waals surface area contributed by atoms with Gasteiger partial charge in [0.2, 0.25) is 0 Å². The van der Waals surface area contributed by atoms with Crippen LogP contribution in [0.15, 0.2) is 83.8 Å². The van der Waals surface area contributed by atoms with Crippen LogP contribution >= 0.6 is 0 Å². The highest BCUT2D eigenvalue weighted by Gasteiger charge is 2.33. The van der Waals surface area contributed by atoms with Crippen LogP contribution in [0, 0.1) is 0 Å². The van der Waals surface area contributed by atoms with Crippen molar-refractivity contribution >= 4 is 21.6 Å². The van der Waals surface area contributed by atoms with Crippen LogP contribution in [-0.4, -0.2) is 20.9 Å². The maximum absolute atomic E-state index is 13.6. The fourth-order valence-corrected chi connectivity index (χ4v) is 4.70. The molecule has 5 nitrogen and oxygen atoms in total. The fourth-order valence-electron chi connectivity index (χ4n) is 3.28. The Morgan fingerprint density at radius 2 is 1.52 bits per heavy atom. The zero-order valence-corrected chi connectivity index (χ0v) is 18.6. The van der Waals surface area contributed by atoms with Crippen LogP contribution in [0.2, 0.25) is 0 Å². The van der Waals surface area contributed by atoms with Crippen LogP contribution in [0.25, 0.3) is 0 Å². The third-order valence-electron chi connectivity index (χ3n) is 4.87. The van der Waals surface area contributed by atoms with Crippen molar-refractivity contribution in [3.05, 3.63) is 90.0 Å². The highest BCUT2D eigenvalue weighted by atomic mass is 32.2. The summed E-state index contributed by atoms with van der Waals surface area (Å²) in [6, 6.07) is 21.8. The first kappa shape index (κ1) is 22.6. The van der Waals surface area contributed by atoms with Gasteiger partial charge in [-0.3, -0.25) is 4.79 Å². The van der Waals surface area contributed by atoms with Crippen LogP contribution < -0.4 is 9.04 Å². The van der Waals surface area contributed by atoms with E-state index in [4.69, 9.17) is 4.74 Å². The molecule has 0 unspecified atom stereocenters. The number of ether oxygens (including phenoxy) is 1. The quantitative estimate of drug-likeness (QED) is 0.446. The summed E-state index contributed by atoms with van der Waals surface area (Å²) in [5.41, 5.74) is 1.59. The molecule has 0 N–H and O–H groups in total. The number of aryl methyl sites for hydroxylation is 1. The molecule has 0 aliphatic carbocycles. The molecule has 0 saturated heterocycles. The number of unbranched alkanes of at least 4 members (excludes halogenated alkanes) is 1. The molecule has 3 aromatic rings. The van der Waals surface area contributed by atoms with Crippen LogP contribution in [0.1, 0.15) is 42.6 Å².